The maximum absolute atomic E-state index is 9.10. The first kappa shape index (κ1) is 16.9. The van der Waals surface area contributed by atoms with Crippen LogP contribution in [0.4, 0.5) is 0 Å². The number of aliphatic carboxylic acids is 2. The molecule has 0 aromatic carbocycles. The second-order valence-corrected chi connectivity index (χ2v) is 5.74. The molecule has 0 aliphatic carbocycles. The number of nitrogens with zero attached hydrogens (tertiary/aromatic N) is 1. The van der Waals surface area contributed by atoms with Crippen LogP contribution >= 0.6 is 0 Å². The van der Waals surface area contributed by atoms with Crippen LogP contribution in [0, 0.1) is 5.92 Å². The number of rotatable bonds is 2. The Bertz CT molecular complexity index is 296. The second-order valence-electron chi connectivity index (χ2n) is 5.74. The van der Waals surface area contributed by atoms with E-state index in [0.717, 1.165) is 12.0 Å². The van der Waals surface area contributed by atoms with E-state index in [2.05, 4.69) is 17.1 Å². The first-order chi connectivity index (χ1) is 9.49. The van der Waals surface area contributed by atoms with Gasteiger partial charge in [0.15, 0.2) is 0 Å². The van der Waals surface area contributed by atoms with E-state index < -0.39 is 11.9 Å². The van der Waals surface area contributed by atoms with Crippen LogP contribution in [0.15, 0.2) is 0 Å². The van der Waals surface area contributed by atoms with Crippen molar-refractivity contribution < 1.29 is 19.8 Å². The average molecular weight is 286 g/mol. The highest BCUT2D eigenvalue weighted by molar-refractivity contribution is 6.27. The predicted molar refractivity (Wildman–Crippen MR) is 75.8 cm³/mol. The minimum Gasteiger partial charge on any atom is -0.473 e. The fourth-order valence-corrected chi connectivity index (χ4v) is 2.64. The van der Waals surface area contributed by atoms with Crippen LogP contribution < -0.4 is 5.32 Å². The molecule has 0 bridgehead atoms. The summed E-state index contributed by atoms with van der Waals surface area (Å²) in [4.78, 5) is 20.9. The quantitative estimate of drug-likeness (QED) is 0.657. The monoisotopic (exact) mass is 286 g/mol. The van der Waals surface area contributed by atoms with E-state index in [9.17, 15) is 0 Å². The topological polar surface area (TPSA) is 89.9 Å². The Morgan fingerprint density at radius 2 is 1.70 bits per heavy atom. The predicted octanol–water partition coefficient (Wildman–Crippen LogP) is 1.02. The summed E-state index contributed by atoms with van der Waals surface area (Å²) >= 11 is 0. The molecule has 0 spiro atoms. The second kappa shape index (κ2) is 8.92. The van der Waals surface area contributed by atoms with Crippen molar-refractivity contribution in [2.45, 2.75) is 45.1 Å². The molecule has 2 fully saturated rings. The summed E-state index contributed by atoms with van der Waals surface area (Å²) in [5.41, 5.74) is 0. The average Bonchev–Trinajstić information content (AvgIpc) is 2.43. The zero-order valence-corrected chi connectivity index (χ0v) is 12.2. The first-order valence-electron chi connectivity index (χ1n) is 7.41. The van der Waals surface area contributed by atoms with Gasteiger partial charge in [-0.25, -0.2) is 9.59 Å². The summed E-state index contributed by atoms with van der Waals surface area (Å²) < 4.78 is 0. The van der Waals surface area contributed by atoms with Gasteiger partial charge in [-0.05, 0) is 51.2 Å². The molecule has 2 heterocycles. The van der Waals surface area contributed by atoms with Crippen molar-refractivity contribution in [1.82, 2.24) is 10.2 Å². The van der Waals surface area contributed by atoms with Gasteiger partial charge in [0.1, 0.15) is 0 Å². The summed E-state index contributed by atoms with van der Waals surface area (Å²) in [6, 6.07) is 0.789. The van der Waals surface area contributed by atoms with Crippen molar-refractivity contribution in [2.24, 2.45) is 5.92 Å². The summed E-state index contributed by atoms with van der Waals surface area (Å²) in [5.74, 6) is -2.68. The number of piperidine rings is 2. The molecule has 6 nitrogen and oxygen atoms in total. The van der Waals surface area contributed by atoms with Crippen molar-refractivity contribution in [3.05, 3.63) is 0 Å². The van der Waals surface area contributed by atoms with E-state index in [1.165, 1.54) is 58.3 Å². The smallest absolute Gasteiger partial charge is 0.414 e. The van der Waals surface area contributed by atoms with Crippen molar-refractivity contribution in [1.29, 1.82) is 0 Å². The maximum Gasteiger partial charge on any atom is 0.414 e. The molecule has 2 rings (SSSR count). The zero-order valence-electron chi connectivity index (χ0n) is 12.2. The van der Waals surface area contributed by atoms with Gasteiger partial charge in [-0.15, -0.1) is 0 Å². The number of likely N-dealkylation sites (tertiary alicyclic amines) is 1. The lowest BCUT2D eigenvalue weighted by molar-refractivity contribution is -0.159. The van der Waals surface area contributed by atoms with Gasteiger partial charge in [-0.1, -0.05) is 13.3 Å². The third-order valence-corrected chi connectivity index (χ3v) is 3.95. The SMILES string of the molecule is CC1CCN(CC2CCCCN2)CC1.O=C(O)C(=O)O. The minimum absolute atomic E-state index is 0.789. The standard InChI is InChI=1S/C12H24N2.C2H2O4/c1-11-5-8-14(9-6-11)10-12-4-2-3-7-13-12;3-1(4)2(5)6/h11-13H,2-10H2,1H3;(H,3,4)(H,5,6). The van der Waals surface area contributed by atoms with Crippen LogP contribution in [-0.2, 0) is 9.59 Å². The largest absolute Gasteiger partial charge is 0.473 e. The Labute approximate surface area is 120 Å². The van der Waals surface area contributed by atoms with E-state index >= 15 is 0 Å². The maximum atomic E-state index is 9.10. The molecule has 6 heteroatoms. The molecule has 0 radical (unpaired) electrons. The third kappa shape index (κ3) is 6.86. The number of hydrogen-bond acceptors (Lipinski definition) is 4. The van der Waals surface area contributed by atoms with Gasteiger partial charge < -0.3 is 20.4 Å². The minimum atomic E-state index is -1.82. The summed E-state index contributed by atoms with van der Waals surface area (Å²) in [6.45, 7) is 7.59. The van der Waals surface area contributed by atoms with Crippen LogP contribution in [0.25, 0.3) is 0 Å². The molecule has 0 aromatic heterocycles. The molecule has 116 valence electrons. The Morgan fingerprint density at radius 1 is 1.10 bits per heavy atom. The van der Waals surface area contributed by atoms with Crippen LogP contribution in [0.5, 0.6) is 0 Å². The normalized spacial score (nSPS) is 24.6. The number of nitrogens with one attached hydrogen (secondary N) is 1. The van der Waals surface area contributed by atoms with Crippen LogP contribution in [0.3, 0.4) is 0 Å². The highest BCUT2D eigenvalue weighted by Gasteiger charge is 2.20. The zero-order chi connectivity index (χ0) is 15.0. The molecule has 20 heavy (non-hydrogen) atoms. The van der Waals surface area contributed by atoms with Gasteiger partial charge in [-0.2, -0.15) is 0 Å². The number of hydrogen-bond donors (Lipinski definition) is 3. The molecular formula is C14H26N2O4. The van der Waals surface area contributed by atoms with Gasteiger partial charge in [0.25, 0.3) is 0 Å². The lowest BCUT2D eigenvalue weighted by Gasteiger charge is -2.34. The van der Waals surface area contributed by atoms with Crippen molar-refractivity contribution in [3.63, 3.8) is 0 Å². The fraction of sp³-hybridized carbons (Fsp3) is 0.857. The van der Waals surface area contributed by atoms with Gasteiger partial charge in [-0.3, -0.25) is 0 Å². The van der Waals surface area contributed by atoms with E-state index in [1.807, 2.05) is 0 Å². The Morgan fingerprint density at radius 3 is 2.15 bits per heavy atom. The van der Waals surface area contributed by atoms with E-state index in [4.69, 9.17) is 19.8 Å². The van der Waals surface area contributed by atoms with Crippen LogP contribution in [0.1, 0.15) is 39.0 Å². The molecule has 3 N–H and O–H groups in total. The Balaban J connectivity index is 0.000000286. The highest BCUT2D eigenvalue weighted by atomic mass is 16.4. The van der Waals surface area contributed by atoms with E-state index in [1.54, 1.807) is 0 Å². The van der Waals surface area contributed by atoms with Gasteiger partial charge in [0.2, 0.25) is 0 Å². The van der Waals surface area contributed by atoms with Gasteiger partial charge >= 0.3 is 11.9 Å². The van der Waals surface area contributed by atoms with Crippen LogP contribution in [-0.4, -0.2) is 59.3 Å². The van der Waals surface area contributed by atoms with Gasteiger partial charge in [0, 0.05) is 12.6 Å². The summed E-state index contributed by atoms with van der Waals surface area (Å²) in [7, 11) is 0. The lowest BCUT2D eigenvalue weighted by Crippen LogP contribution is -2.45. The number of carboxylic acid groups (broad SMARTS) is 2. The molecule has 2 aliphatic heterocycles. The number of carbonyl (C=O) groups is 2. The summed E-state index contributed by atoms with van der Waals surface area (Å²) in [5, 5.41) is 18.4. The van der Waals surface area contributed by atoms with Crippen molar-refractivity contribution >= 4 is 11.9 Å². The molecular weight excluding hydrogens is 260 g/mol. The molecule has 0 amide bonds. The van der Waals surface area contributed by atoms with Gasteiger partial charge in [0.05, 0.1) is 0 Å². The third-order valence-electron chi connectivity index (χ3n) is 3.95. The van der Waals surface area contributed by atoms with E-state index in [-0.39, 0.29) is 0 Å². The molecule has 2 aliphatic rings. The van der Waals surface area contributed by atoms with E-state index in [0.29, 0.717) is 0 Å². The Hall–Kier alpha value is -1.14. The highest BCUT2D eigenvalue weighted by Crippen LogP contribution is 2.17. The van der Waals surface area contributed by atoms with Crippen molar-refractivity contribution in [3.8, 4) is 0 Å². The molecule has 2 saturated heterocycles. The fourth-order valence-electron chi connectivity index (χ4n) is 2.64. The molecule has 0 aromatic rings. The lowest BCUT2D eigenvalue weighted by atomic mass is 9.97. The number of carboxylic acids is 2. The Kier molecular flexibility index (Phi) is 7.54. The van der Waals surface area contributed by atoms with Crippen molar-refractivity contribution in [2.75, 3.05) is 26.2 Å². The molecule has 0 saturated carbocycles. The summed E-state index contributed by atoms with van der Waals surface area (Å²) in [6.07, 6.45) is 7.03. The first-order valence-corrected chi connectivity index (χ1v) is 7.41. The molecule has 1 atom stereocenters. The van der Waals surface area contributed by atoms with Crippen LogP contribution in [0.2, 0.25) is 0 Å². The molecule has 1 unspecified atom stereocenters.